The second kappa shape index (κ2) is 4.91. The molecule has 1 N–H and O–H groups in total. The van der Waals surface area contributed by atoms with Crippen LogP contribution in [-0.2, 0) is 7.05 Å². The van der Waals surface area contributed by atoms with E-state index in [0.29, 0.717) is 11.4 Å². The number of carbonyl (C=O) groups excluding carboxylic acids is 1. The van der Waals surface area contributed by atoms with E-state index >= 15 is 0 Å². The predicted molar refractivity (Wildman–Crippen MR) is 86.4 cm³/mol. The van der Waals surface area contributed by atoms with E-state index in [9.17, 15) is 4.79 Å². The lowest BCUT2D eigenvalue weighted by molar-refractivity contribution is 0.102. The number of hydrogen-bond donors (Lipinski definition) is 1. The molecule has 0 saturated carbocycles. The van der Waals surface area contributed by atoms with Gasteiger partial charge in [0.15, 0.2) is 5.65 Å². The Labute approximate surface area is 131 Å². The molecule has 4 heterocycles. The van der Waals surface area contributed by atoms with Crippen molar-refractivity contribution in [3.8, 4) is 0 Å². The largest absolute Gasteiger partial charge is 0.319 e. The Kier molecular flexibility index (Phi) is 2.87. The van der Waals surface area contributed by atoms with Crippen LogP contribution in [0.1, 0.15) is 16.2 Å². The zero-order chi connectivity index (χ0) is 16.0. The Morgan fingerprint density at radius 2 is 2.17 bits per heavy atom. The summed E-state index contributed by atoms with van der Waals surface area (Å²) in [5.41, 5.74) is 3.37. The zero-order valence-electron chi connectivity index (χ0n) is 12.7. The highest BCUT2D eigenvalue weighted by atomic mass is 16.1. The molecule has 0 aromatic carbocycles. The lowest BCUT2D eigenvalue weighted by Crippen LogP contribution is -2.12. The van der Waals surface area contributed by atoms with Crippen molar-refractivity contribution in [3.05, 3.63) is 54.2 Å². The molecule has 4 aromatic heterocycles. The van der Waals surface area contributed by atoms with Crippen LogP contribution in [-0.4, -0.2) is 30.1 Å². The molecule has 4 aromatic rings. The van der Waals surface area contributed by atoms with E-state index in [1.807, 2.05) is 48.8 Å². The number of anilines is 1. The normalized spacial score (nSPS) is 11.2. The van der Waals surface area contributed by atoms with Crippen molar-refractivity contribution >= 4 is 28.3 Å². The van der Waals surface area contributed by atoms with Crippen molar-refractivity contribution in [2.45, 2.75) is 6.92 Å². The Balaban J connectivity index is 1.66. The van der Waals surface area contributed by atoms with Gasteiger partial charge in [0.05, 0.1) is 17.6 Å². The van der Waals surface area contributed by atoms with E-state index in [4.69, 9.17) is 0 Å². The maximum Gasteiger partial charge on any atom is 0.275 e. The van der Waals surface area contributed by atoms with Crippen LogP contribution in [0.3, 0.4) is 0 Å². The molecule has 7 heteroatoms. The first-order chi connectivity index (χ1) is 11.1. The maximum atomic E-state index is 12.4. The minimum absolute atomic E-state index is 0.267. The SMILES string of the molecule is Cc1nn(C)c2ncc(NC(=O)c3cn4ccccc4n3)cc12. The molecular weight excluding hydrogens is 292 g/mol. The van der Waals surface area contributed by atoms with Crippen molar-refractivity contribution in [2.24, 2.45) is 7.05 Å². The van der Waals surface area contributed by atoms with Gasteiger partial charge in [0, 0.05) is 24.8 Å². The summed E-state index contributed by atoms with van der Waals surface area (Å²) in [5.74, 6) is -0.267. The number of amides is 1. The number of rotatable bonds is 2. The molecule has 0 radical (unpaired) electrons. The number of aryl methyl sites for hydroxylation is 2. The van der Waals surface area contributed by atoms with Gasteiger partial charge >= 0.3 is 0 Å². The molecule has 114 valence electrons. The number of aromatic nitrogens is 5. The van der Waals surface area contributed by atoms with Gasteiger partial charge in [-0.25, -0.2) is 9.97 Å². The summed E-state index contributed by atoms with van der Waals surface area (Å²) < 4.78 is 3.53. The van der Waals surface area contributed by atoms with Crippen LogP contribution in [0.5, 0.6) is 0 Å². The molecule has 4 rings (SSSR count). The summed E-state index contributed by atoms with van der Waals surface area (Å²) in [6.45, 7) is 1.91. The molecular formula is C16H14N6O. The van der Waals surface area contributed by atoms with E-state index in [-0.39, 0.29) is 5.91 Å². The summed E-state index contributed by atoms with van der Waals surface area (Å²) in [4.78, 5) is 21.0. The van der Waals surface area contributed by atoms with Crippen LogP contribution >= 0.6 is 0 Å². The van der Waals surface area contributed by atoms with E-state index in [1.54, 1.807) is 17.1 Å². The summed E-state index contributed by atoms with van der Waals surface area (Å²) in [6.07, 6.45) is 5.18. The van der Waals surface area contributed by atoms with E-state index < -0.39 is 0 Å². The van der Waals surface area contributed by atoms with E-state index in [1.165, 1.54) is 0 Å². The number of pyridine rings is 2. The van der Waals surface area contributed by atoms with Gasteiger partial charge in [-0.05, 0) is 25.1 Å². The molecule has 0 unspecified atom stereocenters. The van der Waals surface area contributed by atoms with Gasteiger partial charge in [-0.2, -0.15) is 5.10 Å². The molecule has 0 aliphatic heterocycles. The predicted octanol–water partition coefficient (Wildman–Crippen LogP) is 2.18. The van der Waals surface area contributed by atoms with Gasteiger partial charge in [-0.1, -0.05) is 6.07 Å². The quantitative estimate of drug-likeness (QED) is 0.616. The van der Waals surface area contributed by atoms with Crippen molar-refractivity contribution in [3.63, 3.8) is 0 Å². The van der Waals surface area contributed by atoms with Gasteiger partial charge in [-0.3, -0.25) is 9.48 Å². The van der Waals surface area contributed by atoms with Gasteiger partial charge in [-0.15, -0.1) is 0 Å². The van der Waals surface area contributed by atoms with Crippen molar-refractivity contribution in [1.29, 1.82) is 0 Å². The number of hydrogen-bond acceptors (Lipinski definition) is 4. The standard InChI is InChI=1S/C16H14N6O/c1-10-12-7-11(8-17-15(12)21(2)20-10)18-16(23)13-9-22-6-4-3-5-14(22)19-13/h3-9H,1-2H3,(H,18,23). The third kappa shape index (κ3) is 2.22. The molecule has 0 fully saturated rings. The van der Waals surface area contributed by atoms with Gasteiger partial charge in [0.25, 0.3) is 5.91 Å². The first-order valence-corrected chi connectivity index (χ1v) is 7.16. The van der Waals surface area contributed by atoms with Crippen LogP contribution in [0.4, 0.5) is 5.69 Å². The lowest BCUT2D eigenvalue weighted by Gasteiger charge is -2.03. The smallest absolute Gasteiger partial charge is 0.275 e. The topological polar surface area (TPSA) is 77.1 Å². The zero-order valence-corrected chi connectivity index (χ0v) is 12.7. The van der Waals surface area contributed by atoms with Crippen molar-refractivity contribution in [2.75, 3.05) is 5.32 Å². The maximum absolute atomic E-state index is 12.4. The monoisotopic (exact) mass is 306 g/mol. The Hall–Kier alpha value is -3.22. The van der Waals surface area contributed by atoms with Crippen LogP contribution in [0.2, 0.25) is 0 Å². The third-order valence-electron chi connectivity index (χ3n) is 3.72. The van der Waals surface area contributed by atoms with Crippen LogP contribution in [0, 0.1) is 6.92 Å². The van der Waals surface area contributed by atoms with Crippen molar-refractivity contribution < 1.29 is 4.79 Å². The molecule has 0 saturated heterocycles. The van der Waals surface area contributed by atoms with Crippen molar-refractivity contribution in [1.82, 2.24) is 24.1 Å². The number of nitrogens with one attached hydrogen (secondary N) is 1. The molecule has 0 aliphatic rings. The molecule has 0 aliphatic carbocycles. The molecule has 0 atom stereocenters. The fraction of sp³-hybridized carbons (Fsp3) is 0.125. The third-order valence-corrected chi connectivity index (χ3v) is 3.72. The van der Waals surface area contributed by atoms with Crippen LogP contribution in [0.25, 0.3) is 16.7 Å². The molecule has 0 bridgehead atoms. The number of fused-ring (bicyclic) bond motifs is 2. The first-order valence-electron chi connectivity index (χ1n) is 7.16. The minimum atomic E-state index is -0.267. The second-order valence-corrected chi connectivity index (χ2v) is 5.35. The fourth-order valence-corrected chi connectivity index (χ4v) is 2.62. The Morgan fingerprint density at radius 3 is 3.00 bits per heavy atom. The minimum Gasteiger partial charge on any atom is -0.319 e. The van der Waals surface area contributed by atoms with Gasteiger partial charge < -0.3 is 9.72 Å². The first kappa shape index (κ1) is 13.4. The van der Waals surface area contributed by atoms with Crippen LogP contribution in [0.15, 0.2) is 42.9 Å². The highest BCUT2D eigenvalue weighted by Crippen LogP contribution is 2.19. The van der Waals surface area contributed by atoms with E-state index in [0.717, 1.165) is 22.4 Å². The van der Waals surface area contributed by atoms with Gasteiger partial charge in [0.1, 0.15) is 11.3 Å². The highest BCUT2D eigenvalue weighted by Gasteiger charge is 2.13. The molecule has 23 heavy (non-hydrogen) atoms. The average Bonchev–Trinajstić information content (AvgIpc) is 3.09. The summed E-state index contributed by atoms with van der Waals surface area (Å²) in [7, 11) is 1.84. The summed E-state index contributed by atoms with van der Waals surface area (Å²) in [6, 6.07) is 7.49. The van der Waals surface area contributed by atoms with Gasteiger partial charge in [0.2, 0.25) is 0 Å². The van der Waals surface area contributed by atoms with Crippen LogP contribution < -0.4 is 5.32 Å². The number of carbonyl (C=O) groups is 1. The molecule has 7 nitrogen and oxygen atoms in total. The Bertz CT molecular complexity index is 1010. The lowest BCUT2D eigenvalue weighted by atomic mass is 10.2. The fourth-order valence-electron chi connectivity index (χ4n) is 2.62. The molecule has 1 amide bonds. The number of imidazole rings is 1. The summed E-state index contributed by atoms with van der Waals surface area (Å²) in [5, 5.41) is 8.07. The van der Waals surface area contributed by atoms with E-state index in [2.05, 4.69) is 20.4 Å². The summed E-state index contributed by atoms with van der Waals surface area (Å²) >= 11 is 0. The number of nitrogens with zero attached hydrogens (tertiary/aromatic N) is 5. The Morgan fingerprint density at radius 1 is 1.30 bits per heavy atom. The molecule has 0 spiro atoms. The second-order valence-electron chi connectivity index (χ2n) is 5.35. The highest BCUT2D eigenvalue weighted by molar-refractivity contribution is 6.03. The average molecular weight is 306 g/mol.